The predicted octanol–water partition coefficient (Wildman–Crippen LogP) is 4.30. The smallest absolute Gasteiger partial charge is 0.416 e. The van der Waals surface area contributed by atoms with Crippen LogP contribution in [0.4, 0.5) is 17.6 Å². The maximum Gasteiger partial charge on any atom is 0.416 e. The van der Waals surface area contributed by atoms with Gasteiger partial charge in [-0.1, -0.05) is 12.1 Å². The highest BCUT2D eigenvalue weighted by Gasteiger charge is 2.30. The normalized spacial score (nSPS) is 11.0. The first-order chi connectivity index (χ1) is 9.90. The summed E-state index contributed by atoms with van der Waals surface area (Å²) in [4.78, 5) is 0. The number of rotatable bonds is 3. The van der Waals surface area contributed by atoms with Crippen molar-refractivity contribution in [2.24, 2.45) is 0 Å². The van der Waals surface area contributed by atoms with Gasteiger partial charge in [-0.3, -0.25) is 0 Å². The highest BCUT2D eigenvalue weighted by molar-refractivity contribution is 5.34. The van der Waals surface area contributed by atoms with Crippen LogP contribution in [0.3, 0.4) is 0 Å². The molecular weight excluding hydrogens is 286 g/mol. The van der Waals surface area contributed by atoms with Crippen molar-refractivity contribution in [1.82, 2.24) is 0 Å². The number of alkyl halides is 3. The maximum atomic E-state index is 13.6. The molecule has 2 aromatic rings. The van der Waals surface area contributed by atoms with Gasteiger partial charge in [-0.25, -0.2) is 4.39 Å². The van der Waals surface area contributed by atoms with Gasteiger partial charge in [0, 0.05) is 5.56 Å². The first-order valence-corrected chi connectivity index (χ1v) is 5.89. The van der Waals surface area contributed by atoms with E-state index < -0.39 is 17.6 Å². The molecule has 0 aliphatic rings. The summed E-state index contributed by atoms with van der Waals surface area (Å²) in [5, 5.41) is 8.61. The Morgan fingerprint density at radius 2 is 1.86 bits per heavy atom. The molecule has 0 spiro atoms. The van der Waals surface area contributed by atoms with Gasteiger partial charge in [0.05, 0.1) is 17.2 Å². The van der Waals surface area contributed by atoms with Crippen LogP contribution in [0.2, 0.25) is 0 Å². The van der Waals surface area contributed by atoms with E-state index in [2.05, 4.69) is 0 Å². The maximum absolute atomic E-state index is 13.6. The molecule has 0 fully saturated rings. The summed E-state index contributed by atoms with van der Waals surface area (Å²) in [5.41, 5.74) is -0.512. The molecule has 0 aliphatic heterocycles. The van der Waals surface area contributed by atoms with Gasteiger partial charge in [0.2, 0.25) is 0 Å². The largest absolute Gasteiger partial charge is 0.489 e. The Labute approximate surface area is 118 Å². The van der Waals surface area contributed by atoms with Crippen LogP contribution in [0.1, 0.15) is 16.7 Å². The molecule has 0 radical (unpaired) electrons. The molecule has 0 saturated heterocycles. The van der Waals surface area contributed by atoms with Crippen LogP contribution in [-0.2, 0) is 12.8 Å². The Morgan fingerprint density at radius 3 is 2.48 bits per heavy atom. The SMILES string of the molecule is N#Cc1ccc(COc2cccc(C(F)(F)F)c2)c(F)c1. The van der Waals surface area contributed by atoms with Crippen molar-refractivity contribution < 1.29 is 22.3 Å². The van der Waals surface area contributed by atoms with E-state index in [9.17, 15) is 17.6 Å². The monoisotopic (exact) mass is 295 g/mol. The molecule has 6 heteroatoms. The van der Waals surface area contributed by atoms with E-state index in [1.807, 2.05) is 0 Å². The highest BCUT2D eigenvalue weighted by atomic mass is 19.4. The Bertz CT molecular complexity index is 689. The molecule has 0 amide bonds. The number of nitriles is 1. The van der Waals surface area contributed by atoms with Gasteiger partial charge >= 0.3 is 6.18 Å². The molecule has 0 aromatic heterocycles. The van der Waals surface area contributed by atoms with E-state index in [4.69, 9.17) is 10.00 Å². The summed E-state index contributed by atoms with van der Waals surface area (Å²) < 4.78 is 56.4. The van der Waals surface area contributed by atoms with E-state index in [0.29, 0.717) is 0 Å². The first kappa shape index (κ1) is 14.9. The molecule has 0 saturated carbocycles. The van der Waals surface area contributed by atoms with E-state index >= 15 is 0 Å². The van der Waals surface area contributed by atoms with Gasteiger partial charge in [0.15, 0.2) is 0 Å². The molecule has 108 valence electrons. The molecule has 0 heterocycles. The van der Waals surface area contributed by atoms with Crippen molar-refractivity contribution in [3.05, 3.63) is 65.0 Å². The molecule has 0 unspecified atom stereocenters. The molecule has 0 aliphatic carbocycles. The molecule has 2 nitrogen and oxygen atoms in total. The Morgan fingerprint density at radius 1 is 1.10 bits per heavy atom. The summed E-state index contributed by atoms with van der Waals surface area (Å²) in [6.07, 6.45) is -4.46. The minimum Gasteiger partial charge on any atom is -0.489 e. The first-order valence-electron chi connectivity index (χ1n) is 5.89. The summed E-state index contributed by atoms with van der Waals surface area (Å²) >= 11 is 0. The summed E-state index contributed by atoms with van der Waals surface area (Å²) in [7, 11) is 0. The fourth-order valence-electron chi connectivity index (χ4n) is 1.66. The number of benzene rings is 2. The zero-order valence-corrected chi connectivity index (χ0v) is 10.6. The van der Waals surface area contributed by atoms with E-state index in [0.717, 1.165) is 18.2 Å². The predicted molar refractivity (Wildman–Crippen MR) is 66.9 cm³/mol. The third-order valence-corrected chi connectivity index (χ3v) is 2.74. The van der Waals surface area contributed by atoms with Gasteiger partial charge in [0.1, 0.15) is 18.2 Å². The highest BCUT2D eigenvalue weighted by Crippen LogP contribution is 2.31. The Balaban J connectivity index is 2.12. The lowest BCUT2D eigenvalue weighted by Gasteiger charge is -2.10. The van der Waals surface area contributed by atoms with Gasteiger partial charge in [-0.2, -0.15) is 18.4 Å². The van der Waals surface area contributed by atoms with Crippen LogP contribution in [-0.4, -0.2) is 0 Å². The minimum absolute atomic E-state index is 0.00594. The quantitative estimate of drug-likeness (QED) is 0.791. The molecular formula is C15H9F4NO. The van der Waals surface area contributed by atoms with Crippen molar-refractivity contribution >= 4 is 0 Å². The van der Waals surface area contributed by atoms with Crippen molar-refractivity contribution in [2.45, 2.75) is 12.8 Å². The summed E-state index contributed by atoms with van der Waals surface area (Å²) in [5.74, 6) is -0.644. The number of hydrogen-bond donors (Lipinski definition) is 0. The average Bonchev–Trinajstić information content (AvgIpc) is 2.45. The fraction of sp³-hybridized carbons (Fsp3) is 0.133. The minimum atomic E-state index is -4.46. The van der Waals surface area contributed by atoms with Gasteiger partial charge in [0.25, 0.3) is 0 Å². The molecule has 0 N–H and O–H groups in total. The number of halogens is 4. The second-order valence-corrected chi connectivity index (χ2v) is 4.23. The zero-order valence-electron chi connectivity index (χ0n) is 10.6. The van der Waals surface area contributed by atoms with Crippen LogP contribution in [0.15, 0.2) is 42.5 Å². The van der Waals surface area contributed by atoms with Crippen LogP contribution in [0, 0.1) is 17.1 Å². The van der Waals surface area contributed by atoms with Crippen molar-refractivity contribution in [3.63, 3.8) is 0 Å². The number of nitrogens with zero attached hydrogens (tertiary/aromatic N) is 1. The average molecular weight is 295 g/mol. The third-order valence-electron chi connectivity index (χ3n) is 2.74. The van der Waals surface area contributed by atoms with Crippen molar-refractivity contribution in [1.29, 1.82) is 5.26 Å². The number of hydrogen-bond acceptors (Lipinski definition) is 2. The van der Waals surface area contributed by atoms with Crippen LogP contribution in [0.5, 0.6) is 5.75 Å². The standard InChI is InChI=1S/C15H9F4NO/c16-14-6-10(8-20)4-5-11(14)9-21-13-3-1-2-12(7-13)15(17,18)19/h1-7H,9H2. The second-order valence-electron chi connectivity index (χ2n) is 4.23. The van der Waals surface area contributed by atoms with Crippen LogP contribution < -0.4 is 4.74 Å². The molecule has 2 aromatic carbocycles. The van der Waals surface area contributed by atoms with Crippen LogP contribution in [0.25, 0.3) is 0 Å². The van der Waals surface area contributed by atoms with Crippen molar-refractivity contribution in [3.8, 4) is 11.8 Å². The van der Waals surface area contributed by atoms with Gasteiger partial charge in [-0.15, -0.1) is 0 Å². The van der Waals surface area contributed by atoms with Gasteiger partial charge in [-0.05, 0) is 30.3 Å². The topological polar surface area (TPSA) is 33.0 Å². The summed E-state index contributed by atoms with van der Waals surface area (Å²) in [6, 6.07) is 9.95. The molecule has 21 heavy (non-hydrogen) atoms. The Hall–Kier alpha value is -2.55. The molecule has 0 atom stereocenters. The van der Waals surface area contributed by atoms with Crippen molar-refractivity contribution in [2.75, 3.05) is 0 Å². The second kappa shape index (κ2) is 5.83. The molecule has 2 rings (SSSR count). The van der Waals surface area contributed by atoms with E-state index in [1.54, 1.807) is 6.07 Å². The number of ether oxygens (including phenoxy) is 1. The lowest BCUT2D eigenvalue weighted by Crippen LogP contribution is -2.05. The van der Waals surface area contributed by atoms with E-state index in [-0.39, 0.29) is 23.5 Å². The Kier molecular flexibility index (Phi) is 4.13. The van der Waals surface area contributed by atoms with Crippen LogP contribution >= 0.6 is 0 Å². The summed E-state index contributed by atoms with van der Waals surface area (Å²) in [6.45, 7) is -0.223. The fourth-order valence-corrected chi connectivity index (χ4v) is 1.66. The third kappa shape index (κ3) is 3.72. The van der Waals surface area contributed by atoms with E-state index in [1.165, 1.54) is 24.3 Å². The zero-order chi connectivity index (χ0) is 15.5. The molecule has 0 bridgehead atoms. The van der Waals surface area contributed by atoms with Gasteiger partial charge < -0.3 is 4.74 Å². The lowest BCUT2D eigenvalue weighted by atomic mass is 10.1. The lowest BCUT2D eigenvalue weighted by molar-refractivity contribution is -0.137.